The summed E-state index contributed by atoms with van der Waals surface area (Å²) in [5, 5.41) is 7.27. The first kappa shape index (κ1) is 13.7. The van der Waals surface area contributed by atoms with E-state index in [1.54, 1.807) is 0 Å². The molecule has 1 aliphatic heterocycles. The Morgan fingerprint density at radius 1 is 1.33 bits per heavy atom. The molecule has 1 fully saturated rings. The van der Waals surface area contributed by atoms with Crippen LogP contribution in [0, 0.1) is 10.7 Å². The van der Waals surface area contributed by atoms with Gasteiger partial charge in [0.05, 0.1) is 0 Å². The van der Waals surface area contributed by atoms with Gasteiger partial charge in [-0.15, -0.1) is 0 Å². The van der Waals surface area contributed by atoms with Gasteiger partial charge in [-0.1, -0.05) is 13.8 Å². The van der Waals surface area contributed by atoms with Crippen molar-refractivity contribution in [2.75, 3.05) is 19.6 Å². The molecule has 0 unspecified atom stereocenters. The first-order chi connectivity index (χ1) is 8.74. The Morgan fingerprint density at radius 3 is 2.67 bits per heavy atom. The van der Waals surface area contributed by atoms with Crippen molar-refractivity contribution in [3.8, 4) is 0 Å². The molecule has 5 heteroatoms. The molecule has 0 bridgehead atoms. The fourth-order valence-corrected chi connectivity index (χ4v) is 2.92. The summed E-state index contributed by atoms with van der Waals surface area (Å²) in [7, 11) is 0. The maximum Gasteiger partial charge on any atom is 0.195 e. The van der Waals surface area contributed by atoms with Gasteiger partial charge in [0.15, 0.2) is 4.77 Å². The maximum absolute atomic E-state index is 5.34. The van der Waals surface area contributed by atoms with Crippen molar-refractivity contribution in [2.45, 2.75) is 46.1 Å². The minimum atomic E-state index is 0.757. The van der Waals surface area contributed by atoms with Crippen LogP contribution < -0.4 is 0 Å². The van der Waals surface area contributed by atoms with Crippen LogP contribution in [0.15, 0.2) is 0 Å². The van der Waals surface area contributed by atoms with E-state index in [0.717, 1.165) is 35.9 Å². The highest BCUT2D eigenvalue weighted by Gasteiger charge is 2.19. The highest BCUT2D eigenvalue weighted by molar-refractivity contribution is 7.71. The Morgan fingerprint density at radius 2 is 2.06 bits per heavy atom. The molecular weight excluding hydrogens is 244 g/mol. The minimum absolute atomic E-state index is 0.757. The predicted molar refractivity (Wildman–Crippen MR) is 76.2 cm³/mol. The van der Waals surface area contributed by atoms with E-state index in [2.05, 4.69) is 33.5 Å². The summed E-state index contributed by atoms with van der Waals surface area (Å²) in [6.07, 6.45) is 4.70. The van der Waals surface area contributed by atoms with Crippen molar-refractivity contribution >= 4 is 12.2 Å². The molecule has 0 aromatic carbocycles. The van der Waals surface area contributed by atoms with E-state index in [4.69, 9.17) is 12.2 Å². The summed E-state index contributed by atoms with van der Waals surface area (Å²) in [5.41, 5.74) is 0. The molecule has 0 saturated carbocycles. The summed E-state index contributed by atoms with van der Waals surface area (Å²) in [5.74, 6) is 1.88. The van der Waals surface area contributed by atoms with E-state index < -0.39 is 0 Å². The van der Waals surface area contributed by atoms with E-state index in [1.807, 2.05) is 0 Å². The van der Waals surface area contributed by atoms with Crippen LogP contribution in [0.4, 0.5) is 0 Å². The van der Waals surface area contributed by atoms with Gasteiger partial charge in [-0.3, -0.25) is 5.10 Å². The highest BCUT2D eigenvalue weighted by Crippen LogP contribution is 2.19. The lowest BCUT2D eigenvalue weighted by Gasteiger charge is -2.31. The molecule has 18 heavy (non-hydrogen) atoms. The first-order valence-corrected chi connectivity index (χ1v) is 7.51. The number of hydrogen-bond acceptors (Lipinski definition) is 3. The Labute approximate surface area is 114 Å². The van der Waals surface area contributed by atoms with Crippen molar-refractivity contribution in [2.24, 2.45) is 5.92 Å². The quantitative estimate of drug-likeness (QED) is 0.834. The Bertz CT molecular complexity index is 415. The normalized spacial score (nSPS) is 18.3. The van der Waals surface area contributed by atoms with Gasteiger partial charge in [0, 0.05) is 13.0 Å². The van der Waals surface area contributed by atoms with Gasteiger partial charge >= 0.3 is 0 Å². The topological polar surface area (TPSA) is 36.9 Å². The highest BCUT2D eigenvalue weighted by atomic mass is 32.1. The number of likely N-dealkylation sites (tertiary alicyclic amines) is 1. The van der Waals surface area contributed by atoms with Crippen molar-refractivity contribution in [3.05, 3.63) is 10.6 Å². The standard InChI is InChI=1S/C13H24N4S/c1-3-5-12-14-15-13(18)17(12)10-11-6-8-16(4-2)9-7-11/h11H,3-10H2,1-2H3,(H,15,18). The lowest BCUT2D eigenvalue weighted by atomic mass is 9.96. The average molecular weight is 268 g/mol. The second-order valence-electron chi connectivity index (χ2n) is 5.18. The first-order valence-electron chi connectivity index (χ1n) is 7.11. The Balaban J connectivity index is 1.97. The van der Waals surface area contributed by atoms with Crippen LogP contribution in [0.2, 0.25) is 0 Å². The van der Waals surface area contributed by atoms with Gasteiger partial charge < -0.3 is 9.47 Å². The Kier molecular flexibility index (Phi) is 4.95. The lowest BCUT2D eigenvalue weighted by molar-refractivity contribution is 0.180. The zero-order valence-electron chi connectivity index (χ0n) is 11.5. The van der Waals surface area contributed by atoms with Crippen LogP contribution >= 0.6 is 12.2 Å². The largest absolute Gasteiger partial charge is 0.304 e. The van der Waals surface area contributed by atoms with Crippen LogP contribution in [0.5, 0.6) is 0 Å². The van der Waals surface area contributed by atoms with E-state index >= 15 is 0 Å². The molecule has 0 radical (unpaired) electrons. The second kappa shape index (κ2) is 6.48. The monoisotopic (exact) mass is 268 g/mol. The molecule has 102 valence electrons. The van der Waals surface area contributed by atoms with Gasteiger partial charge in [0.2, 0.25) is 0 Å². The predicted octanol–water partition coefficient (Wildman–Crippen LogP) is 2.63. The molecule has 1 saturated heterocycles. The Hall–Kier alpha value is -0.680. The summed E-state index contributed by atoms with van der Waals surface area (Å²) >= 11 is 5.34. The fraction of sp³-hybridized carbons (Fsp3) is 0.846. The number of piperidine rings is 1. The van der Waals surface area contributed by atoms with Gasteiger partial charge in [-0.05, 0) is 57.0 Å². The molecule has 2 heterocycles. The van der Waals surface area contributed by atoms with Crippen molar-refractivity contribution in [1.82, 2.24) is 19.7 Å². The maximum atomic E-state index is 5.34. The SMILES string of the molecule is CCCc1n[nH]c(=S)n1CC1CCN(CC)CC1. The summed E-state index contributed by atoms with van der Waals surface area (Å²) < 4.78 is 3.00. The zero-order chi connectivity index (χ0) is 13.0. The second-order valence-corrected chi connectivity index (χ2v) is 5.57. The number of H-pyrrole nitrogens is 1. The van der Waals surface area contributed by atoms with Crippen LogP contribution in [-0.2, 0) is 13.0 Å². The minimum Gasteiger partial charge on any atom is -0.304 e. The third-order valence-corrected chi connectivity index (χ3v) is 4.22. The fourth-order valence-electron chi connectivity index (χ4n) is 2.70. The van der Waals surface area contributed by atoms with E-state index in [9.17, 15) is 0 Å². The number of hydrogen-bond donors (Lipinski definition) is 1. The average Bonchev–Trinajstić information content (AvgIpc) is 2.73. The number of nitrogens with zero attached hydrogens (tertiary/aromatic N) is 3. The van der Waals surface area contributed by atoms with E-state index in [1.165, 1.54) is 32.5 Å². The van der Waals surface area contributed by atoms with Gasteiger partial charge in [-0.2, -0.15) is 5.10 Å². The van der Waals surface area contributed by atoms with Crippen LogP contribution in [0.3, 0.4) is 0 Å². The van der Waals surface area contributed by atoms with Gasteiger partial charge in [0.25, 0.3) is 0 Å². The molecule has 4 nitrogen and oxygen atoms in total. The third kappa shape index (κ3) is 3.20. The van der Waals surface area contributed by atoms with Crippen LogP contribution in [0.1, 0.15) is 38.9 Å². The van der Waals surface area contributed by atoms with Gasteiger partial charge in [0.1, 0.15) is 5.82 Å². The molecule has 1 aromatic rings. The molecular formula is C13H24N4S. The number of aryl methyl sites for hydroxylation is 1. The lowest BCUT2D eigenvalue weighted by Crippen LogP contribution is -2.34. The van der Waals surface area contributed by atoms with Crippen molar-refractivity contribution < 1.29 is 0 Å². The summed E-state index contributed by atoms with van der Waals surface area (Å²) in [6.45, 7) is 9.11. The smallest absolute Gasteiger partial charge is 0.195 e. The summed E-state index contributed by atoms with van der Waals surface area (Å²) in [6, 6.07) is 0. The van der Waals surface area contributed by atoms with Gasteiger partial charge in [-0.25, -0.2) is 0 Å². The molecule has 0 aliphatic carbocycles. The molecule has 0 spiro atoms. The molecule has 1 aromatic heterocycles. The third-order valence-electron chi connectivity index (χ3n) is 3.91. The molecule has 1 N–H and O–H groups in total. The summed E-state index contributed by atoms with van der Waals surface area (Å²) in [4.78, 5) is 2.53. The molecule has 2 rings (SSSR count). The zero-order valence-corrected chi connectivity index (χ0v) is 12.3. The number of aromatic nitrogens is 3. The van der Waals surface area contributed by atoms with Crippen LogP contribution in [0.25, 0.3) is 0 Å². The number of aromatic amines is 1. The van der Waals surface area contributed by atoms with Crippen LogP contribution in [-0.4, -0.2) is 39.3 Å². The number of nitrogens with one attached hydrogen (secondary N) is 1. The molecule has 0 amide bonds. The molecule has 0 atom stereocenters. The van der Waals surface area contributed by atoms with E-state index in [-0.39, 0.29) is 0 Å². The van der Waals surface area contributed by atoms with E-state index in [0.29, 0.717) is 0 Å². The van der Waals surface area contributed by atoms with Crippen molar-refractivity contribution in [3.63, 3.8) is 0 Å². The number of rotatable bonds is 5. The van der Waals surface area contributed by atoms with Crippen molar-refractivity contribution in [1.29, 1.82) is 0 Å². The molecule has 1 aliphatic rings.